The first-order valence-electron chi connectivity index (χ1n) is 7.60. The van der Waals surface area contributed by atoms with Gasteiger partial charge >= 0.3 is 0 Å². The summed E-state index contributed by atoms with van der Waals surface area (Å²) in [4.78, 5) is 16.8. The van der Waals surface area contributed by atoms with Crippen molar-refractivity contribution in [2.24, 2.45) is 11.1 Å². The number of nitrogens with two attached hydrogens (primary N) is 1. The van der Waals surface area contributed by atoms with Crippen LogP contribution in [0.4, 0.5) is 0 Å². The Hall–Kier alpha value is -0.0300. The van der Waals surface area contributed by atoms with E-state index in [1.165, 1.54) is 12.8 Å². The van der Waals surface area contributed by atoms with Crippen LogP contribution >= 0.6 is 24.8 Å². The summed E-state index contributed by atoms with van der Waals surface area (Å²) in [7, 11) is 0. The number of carbonyl (C=O) groups excluding carboxylic acids is 1. The monoisotopic (exact) mass is 339 g/mol. The van der Waals surface area contributed by atoms with E-state index in [0.717, 1.165) is 19.5 Å². The minimum atomic E-state index is 0. The van der Waals surface area contributed by atoms with Crippen molar-refractivity contribution in [2.75, 3.05) is 19.6 Å². The van der Waals surface area contributed by atoms with Gasteiger partial charge in [-0.25, -0.2) is 0 Å². The quantitative estimate of drug-likeness (QED) is 0.839. The van der Waals surface area contributed by atoms with E-state index in [9.17, 15) is 4.79 Å². The zero-order valence-electron chi connectivity index (χ0n) is 13.7. The molecule has 0 aromatic rings. The zero-order valence-corrected chi connectivity index (χ0v) is 15.3. The SMILES string of the molecule is CC1CCC(C)N1CC(=O)N1CCC(N)C(C)(C)C1.Cl.Cl. The van der Waals surface area contributed by atoms with Gasteiger partial charge < -0.3 is 10.6 Å². The van der Waals surface area contributed by atoms with Gasteiger partial charge in [0.25, 0.3) is 0 Å². The molecule has 3 atom stereocenters. The Morgan fingerprint density at radius 3 is 2.14 bits per heavy atom. The Morgan fingerprint density at radius 1 is 1.14 bits per heavy atom. The van der Waals surface area contributed by atoms with Gasteiger partial charge in [-0.05, 0) is 38.5 Å². The van der Waals surface area contributed by atoms with Crippen molar-refractivity contribution in [1.82, 2.24) is 9.80 Å². The molecule has 3 unspecified atom stereocenters. The number of likely N-dealkylation sites (tertiary alicyclic amines) is 2. The minimum Gasteiger partial charge on any atom is -0.341 e. The molecule has 126 valence electrons. The molecule has 0 radical (unpaired) electrons. The molecule has 21 heavy (non-hydrogen) atoms. The lowest BCUT2D eigenvalue weighted by atomic mass is 9.79. The number of rotatable bonds is 2. The summed E-state index contributed by atoms with van der Waals surface area (Å²) in [6.45, 7) is 11.0. The van der Waals surface area contributed by atoms with Crippen molar-refractivity contribution >= 4 is 30.7 Å². The number of nitrogens with zero attached hydrogens (tertiary/aromatic N) is 2. The standard InChI is InChI=1S/C15H29N3O.2ClH/c1-11-5-6-12(2)18(11)9-14(19)17-8-7-13(16)15(3,4)10-17;;/h11-13H,5-10,16H2,1-4H3;2*1H. The molecule has 0 aliphatic carbocycles. The van der Waals surface area contributed by atoms with E-state index in [0.29, 0.717) is 18.6 Å². The Labute approximate surface area is 141 Å². The molecule has 2 saturated heterocycles. The number of hydrogen-bond acceptors (Lipinski definition) is 3. The molecule has 0 spiro atoms. The van der Waals surface area contributed by atoms with Gasteiger partial charge in [-0.2, -0.15) is 0 Å². The fraction of sp³-hybridized carbons (Fsp3) is 0.933. The van der Waals surface area contributed by atoms with Gasteiger partial charge in [0.1, 0.15) is 0 Å². The van der Waals surface area contributed by atoms with Crippen molar-refractivity contribution < 1.29 is 4.79 Å². The van der Waals surface area contributed by atoms with Crippen LogP contribution in [0.2, 0.25) is 0 Å². The lowest BCUT2D eigenvalue weighted by molar-refractivity contribution is -0.136. The lowest BCUT2D eigenvalue weighted by Crippen LogP contribution is -2.56. The topological polar surface area (TPSA) is 49.6 Å². The van der Waals surface area contributed by atoms with Crippen LogP contribution in [0.3, 0.4) is 0 Å². The molecule has 0 aromatic heterocycles. The molecule has 2 N–H and O–H groups in total. The molecule has 2 heterocycles. The second kappa shape index (κ2) is 8.00. The van der Waals surface area contributed by atoms with E-state index in [1.54, 1.807) is 0 Å². The van der Waals surface area contributed by atoms with Crippen LogP contribution in [0.15, 0.2) is 0 Å². The second-order valence-corrected chi connectivity index (χ2v) is 7.15. The fourth-order valence-electron chi connectivity index (χ4n) is 3.40. The van der Waals surface area contributed by atoms with Crippen molar-refractivity contribution in [3.8, 4) is 0 Å². The maximum absolute atomic E-state index is 12.5. The number of carbonyl (C=O) groups is 1. The van der Waals surface area contributed by atoms with E-state index < -0.39 is 0 Å². The molecule has 2 rings (SSSR count). The van der Waals surface area contributed by atoms with Crippen LogP contribution in [0.1, 0.15) is 47.0 Å². The van der Waals surface area contributed by atoms with E-state index in [1.807, 2.05) is 4.90 Å². The van der Waals surface area contributed by atoms with Gasteiger partial charge in [-0.1, -0.05) is 13.8 Å². The number of amides is 1. The van der Waals surface area contributed by atoms with Gasteiger partial charge in [0.05, 0.1) is 6.54 Å². The van der Waals surface area contributed by atoms with Crippen molar-refractivity contribution in [3.63, 3.8) is 0 Å². The Kier molecular flexibility index (Phi) is 7.99. The molecule has 0 bridgehead atoms. The van der Waals surface area contributed by atoms with Crippen LogP contribution in [0, 0.1) is 5.41 Å². The average molecular weight is 340 g/mol. The van der Waals surface area contributed by atoms with E-state index in [4.69, 9.17) is 5.73 Å². The van der Waals surface area contributed by atoms with Gasteiger partial charge in [-0.3, -0.25) is 9.69 Å². The Morgan fingerprint density at radius 2 is 1.67 bits per heavy atom. The first kappa shape index (κ1) is 21.0. The molecular weight excluding hydrogens is 309 g/mol. The molecular formula is C15H31Cl2N3O. The van der Waals surface area contributed by atoms with Gasteiger partial charge in [0.2, 0.25) is 5.91 Å². The molecule has 2 fully saturated rings. The third kappa shape index (κ3) is 4.72. The van der Waals surface area contributed by atoms with Gasteiger partial charge in [0, 0.05) is 31.2 Å². The van der Waals surface area contributed by atoms with Crippen LogP contribution in [-0.4, -0.2) is 53.5 Å². The second-order valence-electron chi connectivity index (χ2n) is 7.15. The van der Waals surface area contributed by atoms with E-state index >= 15 is 0 Å². The normalized spacial score (nSPS) is 32.2. The predicted molar refractivity (Wildman–Crippen MR) is 92.3 cm³/mol. The molecule has 1 amide bonds. The van der Waals surface area contributed by atoms with Crippen molar-refractivity contribution in [3.05, 3.63) is 0 Å². The first-order chi connectivity index (χ1) is 8.81. The van der Waals surface area contributed by atoms with Crippen LogP contribution in [0.5, 0.6) is 0 Å². The minimum absolute atomic E-state index is 0. The first-order valence-corrected chi connectivity index (χ1v) is 7.60. The summed E-state index contributed by atoms with van der Waals surface area (Å²) in [6, 6.07) is 1.29. The summed E-state index contributed by atoms with van der Waals surface area (Å²) in [6.07, 6.45) is 3.35. The highest BCUT2D eigenvalue weighted by atomic mass is 35.5. The van der Waals surface area contributed by atoms with Crippen molar-refractivity contribution in [2.45, 2.75) is 65.1 Å². The number of hydrogen-bond donors (Lipinski definition) is 1. The van der Waals surface area contributed by atoms with Gasteiger partial charge in [0.15, 0.2) is 0 Å². The fourth-order valence-corrected chi connectivity index (χ4v) is 3.40. The average Bonchev–Trinajstić information content (AvgIpc) is 2.64. The maximum Gasteiger partial charge on any atom is 0.236 e. The summed E-state index contributed by atoms with van der Waals surface area (Å²) in [5.74, 6) is 0.278. The largest absolute Gasteiger partial charge is 0.341 e. The molecule has 2 aliphatic rings. The highest BCUT2D eigenvalue weighted by molar-refractivity contribution is 5.85. The smallest absolute Gasteiger partial charge is 0.236 e. The van der Waals surface area contributed by atoms with Crippen molar-refractivity contribution in [1.29, 1.82) is 0 Å². The molecule has 0 aromatic carbocycles. The third-order valence-electron chi connectivity index (χ3n) is 5.12. The van der Waals surface area contributed by atoms with Crippen LogP contribution in [-0.2, 0) is 4.79 Å². The number of piperidine rings is 1. The van der Waals surface area contributed by atoms with E-state index in [-0.39, 0.29) is 42.2 Å². The maximum atomic E-state index is 12.5. The molecule has 4 nitrogen and oxygen atoms in total. The Bertz CT molecular complexity index is 342. The summed E-state index contributed by atoms with van der Waals surface area (Å²) >= 11 is 0. The highest BCUT2D eigenvalue weighted by Gasteiger charge is 2.37. The molecule has 0 saturated carbocycles. The van der Waals surface area contributed by atoms with Gasteiger partial charge in [-0.15, -0.1) is 24.8 Å². The molecule has 6 heteroatoms. The zero-order chi connectivity index (χ0) is 14.2. The highest BCUT2D eigenvalue weighted by Crippen LogP contribution is 2.28. The third-order valence-corrected chi connectivity index (χ3v) is 5.12. The number of halogens is 2. The van der Waals surface area contributed by atoms with E-state index in [2.05, 4.69) is 32.6 Å². The summed E-state index contributed by atoms with van der Waals surface area (Å²) in [5, 5.41) is 0. The van der Waals surface area contributed by atoms with Crippen LogP contribution < -0.4 is 5.73 Å². The van der Waals surface area contributed by atoms with Crippen LogP contribution in [0.25, 0.3) is 0 Å². The Balaban J connectivity index is 0.00000200. The summed E-state index contributed by atoms with van der Waals surface area (Å²) in [5.41, 5.74) is 6.17. The molecule has 2 aliphatic heterocycles. The summed E-state index contributed by atoms with van der Waals surface area (Å²) < 4.78 is 0. The lowest BCUT2D eigenvalue weighted by Gasteiger charge is -2.43. The predicted octanol–water partition coefficient (Wildman–Crippen LogP) is 2.29.